The molecule has 2 rings (SSSR count). The SMILES string of the molecule is CC(C(=O)NCCc1c(F)cccc1F)C(N)c1ccccc1. The molecule has 2 unspecified atom stereocenters. The van der Waals surface area contributed by atoms with Crippen LogP contribution >= 0.6 is 0 Å². The van der Waals surface area contributed by atoms with Crippen molar-refractivity contribution in [3.05, 3.63) is 71.3 Å². The van der Waals surface area contributed by atoms with Gasteiger partial charge in [0.1, 0.15) is 11.6 Å². The summed E-state index contributed by atoms with van der Waals surface area (Å²) in [5.41, 5.74) is 6.94. The maximum Gasteiger partial charge on any atom is 0.224 e. The van der Waals surface area contributed by atoms with E-state index >= 15 is 0 Å². The first-order valence-electron chi connectivity index (χ1n) is 7.52. The van der Waals surface area contributed by atoms with Crippen LogP contribution in [0.3, 0.4) is 0 Å². The van der Waals surface area contributed by atoms with Crippen molar-refractivity contribution in [1.82, 2.24) is 5.32 Å². The topological polar surface area (TPSA) is 55.1 Å². The summed E-state index contributed by atoms with van der Waals surface area (Å²) in [6.45, 7) is 1.89. The molecule has 3 N–H and O–H groups in total. The number of nitrogens with two attached hydrogens (primary N) is 1. The number of hydrogen-bond donors (Lipinski definition) is 2. The molecule has 0 saturated carbocycles. The van der Waals surface area contributed by atoms with Crippen molar-refractivity contribution in [2.24, 2.45) is 11.7 Å². The van der Waals surface area contributed by atoms with Crippen molar-refractivity contribution < 1.29 is 13.6 Å². The van der Waals surface area contributed by atoms with Gasteiger partial charge in [0.2, 0.25) is 5.91 Å². The van der Waals surface area contributed by atoms with Crippen LogP contribution in [0.25, 0.3) is 0 Å². The van der Waals surface area contributed by atoms with Gasteiger partial charge in [0.15, 0.2) is 0 Å². The lowest BCUT2D eigenvalue weighted by atomic mass is 9.94. The van der Waals surface area contributed by atoms with E-state index in [1.165, 1.54) is 18.2 Å². The lowest BCUT2D eigenvalue weighted by Gasteiger charge is -2.20. The molecule has 0 aliphatic heterocycles. The van der Waals surface area contributed by atoms with Crippen molar-refractivity contribution in [3.63, 3.8) is 0 Å². The minimum atomic E-state index is -0.603. The first-order chi connectivity index (χ1) is 11.0. The number of carbonyl (C=O) groups is 1. The first-order valence-corrected chi connectivity index (χ1v) is 7.52. The molecule has 0 spiro atoms. The Hall–Kier alpha value is -2.27. The Bertz CT molecular complexity index is 641. The quantitative estimate of drug-likeness (QED) is 0.860. The molecule has 1 amide bonds. The minimum absolute atomic E-state index is 0.0205. The van der Waals surface area contributed by atoms with Gasteiger partial charge in [-0.1, -0.05) is 43.3 Å². The van der Waals surface area contributed by atoms with Crippen molar-refractivity contribution in [2.75, 3.05) is 6.54 Å². The zero-order valence-electron chi connectivity index (χ0n) is 12.9. The van der Waals surface area contributed by atoms with Gasteiger partial charge in [0.05, 0.1) is 5.92 Å². The van der Waals surface area contributed by atoms with Gasteiger partial charge in [-0.05, 0) is 24.1 Å². The number of nitrogens with one attached hydrogen (secondary N) is 1. The van der Waals surface area contributed by atoms with Gasteiger partial charge in [-0.25, -0.2) is 8.78 Å². The Balaban J connectivity index is 1.89. The van der Waals surface area contributed by atoms with Gasteiger partial charge in [-0.15, -0.1) is 0 Å². The number of benzene rings is 2. The molecule has 0 aliphatic carbocycles. The lowest BCUT2D eigenvalue weighted by molar-refractivity contribution is -0.125. The van der Waals surface area contributed by atoms with E-state index in [0.29, 0.717) is 0 Å². The second kappa shape index (κ2) is 7.83. The van der Waals surface area contributed by atoms with E-state index in [-0.39, 0.29) is 24.4 Å². The Morgan fingerprint density at radius 2 is 1.70 bits per heavy atom. The molecule has 2 aromatic rings. The van der Waals surface area contributed by atoms with Crippen LogP contribution in [0.15, 0.2) is 48.5 Å². The molecule has 2 aromatic carbocycles. The predicted molar refractivity (Wildman–Crippen MR) is 85.6 cm³/mol. The minimum Gasteiger partial charge on any atom is -0.355 e. The Labute approximate surface area is 134 Å². The van der Waals surface area contributed by atoms with Gasteiger partial charge in [-0.3, -0.25) is 4.79 Å². The highest BCUT2D eigenvalue weighted by Crippen LogP contribution is 2.19. The van der Waals surface area contributed by atoms with Crippen LogP contribution in [-0.2, 0) is 11.2 Å². The molecule has 5 heteroatoms. The average molecular weight is 318 g/mol. The molecule has 0 bridgehead atoms. The zero-order chi connectivity index (χ0) is 16.8. The molecule has 23 heavy (non-hydrogen) atoms. The third-order valence-electron chi connectivity index (χ3n) is 3.87. The van der Waals surface area contributed by atoms with Crippen LogP contribution < -0.4 is 11.1 Å². The summed E-state index contributed by atoms with van der Waals surface area (Å²) >= 11 is 0. The van der Waals surface area contributed by atoms with Gasteiger partial charge in [0.25, 0.3) is 0 Å². The van der Waals surface area contributed by atoms with Crippen molar-refractivity contribution >= 4 is 5.91 Å². The third-order valence-corrected chi connectivity index (χ3v) is 3.87. The maximum absolute atomic E-state index is 13.5. The molecule has 0 aromatic heterocycles. The summed E-state index contributed by atoms with van der Waals surface area (Å²) in [4.78, 5) is 12.1. The summed E-state index contributed by atoms with van der Waals surface area (Å²) in [6, 6.07) is 12.6. The predicted octanol–water partition coefficient (Wildman–Crippen LogP) is 2.96. The summed E-state index contributed by atoms with van der Waals surface area (Å²) in [7, 11) is 0. The number of carbonyl (C=O) groups excluding carboxylic acids is 1. The molecular formula is C18H20F2N2O. The second-order valence-corrected chi connectivity index (χ2v) is 5.47. The average Bonchev–Trinajstić information content (AvgIpc) is 2.56. The van der Waals surface area contributed by atoms with E-state index in [9.17, 15) is 13.6 Å². The van der Waals surface area contributed by atoms with E-state index in [1.807, 2.05) is 30.3 Å². The third kappa shape index (κ3) is 4.36. The van der Waals surface area contributed by atoms with E-state index < -0.39 is 23.6 Å². The first kappa shape index (κ1) is 17.1. The van der Waals surface area contributed by atoms with E-state index in [0.717, 1.165) is 5.56 Å². The van der Waals surface area contributed by atoms with Gasteiger partial charge in [0, 0.05) is 18.2 Å². The van der Waals surface area contributed by atoms with Crippen LogP contribution in [0, 0.1) is 17.6 Å². The van der Waals surface area contributed by atoms with Gasteiger partial charge >= 0.3 is 0 Å². The number of hydrogen-bond acceptors (Lipinski definition) is 2. The van der Waals surface area contributed by atoms with Crippen LogP contribution in [-0.4, -0.2) is 12.5 Å². The van der Waals surface area contributed by atoms with Crippen LogP contribution in [0.2, 0.25) is 0 Å². The fourth-order valence-electron chi connectivity index (χ4n) is 2.37. The van der Waals surface area contributed by atoms with Crippen molar-refractivity contribution in [2.45, 2.75) is 19.4 Å². The largest absolute Gasteiger partial charge is 0.355 e. The highest BCUT2D eigenvalue weighted by Gasteiger charge is 2.21. The standard InChI is InChI=1S/C18H20F2N2O/c1-12(17(21)13-6-3-2-4-7-13)18(23)22-11-10-14-15(19)8-5-9-16(14)20/h2-9,12,17H,10-11,21H2,1H3,(H,22,23). The summed E-state index contributed by atoms with van der Waals surface area (Å²) in [5.74, 6) is -1.89. The fourth-order valence-corrected chi connectivity index (χ4v) is 2.37. The number of rotatable bonds is 6. The molecule has 3 nitrogen and oxygen atoms in total. The Morgan fingerprint density at radius 1 is 1.09 bits per heavy atom. The summed E-state index contributed by atoms with van der Waals surface area (Å²) < 4.78 is 27.0. The van der Waals surface area contributed by atoms with Gasteiger partial charge in [-0.2, -0.15) is 0 Å². The zero-order valence-corrected chi connectivity index (χ0v) is 12.9. The molecular weight excluding hydrogens is 298 g/mol. The lowest BCUT2D eigenvalue weighted by Crippen LogP contribution is -2.36. The van der Waals surface area contributed by atoms with E-state index in [4.69, 9.17) is 5.73 Å². The van der Waals surface area contributed by atoms with E-state index in [2.05, 4.69) is 5.32 Å². The number of amides is 1. The molecule has 0 saturated heterocycles. The summed E-state index contributed by atoms with van der Waals surface area (Å²) in [5, 5.41) is 2.68. The second-order valence-electron chi connectivity index (χ2n) is 5.47. The smallest absolute Gasteiger partial charge is 0.224 e. The number of halogens is 2. The summed E-state index contributed by atoms with van der Waals surface area (Å²) in [6.07, 6.45) is 0.0948. The van der Waals surface area contributed by atoms with Crippen LogP contribution in [0.1, 0.15) is 24.1 Å². The molecule has 0 heterocycles. The normalized spacial score (nSPS) is 13.4. The van der Waals surface area contributed by atoms with Crippen LogP contribution in [0.5, 0.6) is 0 Å². The van der Waals surface area contributed by atoms with Crippen LogP contribution in [0.4, 0.5) is 8.78 Å². The maximum atomic E-state index is 13.5. The molecule has 0 fully saturated rings. The highest BCUT2D eigenvalue weighted by molar-refractivity contribution is 5.79. The molecule has 0 aliphatic rings. The Kier molecular flexibility index (Phi) is 5.82. The highest BCUT2D eigenvalue weighted by atomic mass is 19.1. The van der Waals surface area contributed by atoms with Crippen molar-refractivity contribution in [1.29, 1.82) is 0 Å². The van der Waals surface area contributed by atoms with Crippen molar-refractivity contribution in [3.8, 4) is 0 Å². The van der Waals surface area contributed by atoms with E-state index in [1.54, 1.807) is 6.92 Å². The molecule has 0 radical (unpaired) electrons. The Morgan fingerprint density at radius 3 is 2.30 bits per heavy atom. The van der Waals surface area contributed by atoms with Gasteiger partial charge < -0.3 is 11.1 Å². The molecule has 2 atom stereocenters. The fraction of sp³-hybridized carbons (Fsp3) is 0.278. The monoisotopic (exact) mass is 318 g/mol. The molecule has 122 valence electrons.